The van der Waals surface area contributed by atoms with Crippen molar-refractivity contribution in [1.82, 2.24) is 4.98 Å². The molecule has 1 N–H and O–H groups in total. The first kappa shape index (κ1) is 12.9. The van der Waals surface area contributed by atoms with E-state index in [0.717, 1.165) is 5.69 Å². The topological polar surface area (TPSA) is 42.0 Å². The number of amides is 1. The predicted molar refractivity (Wildman–Crippen MR) is 73.4 cm³/mol. The predicted octanol–water partition coefficient (Wildman–Crippen LogP) is 3.95. The van der Waals surface area contributed by atoms with Crippen molar-refractivity contribution in [2.24, 2.45) is 0 Å². The minimum Gasteiger partial charge on any atom is -0.306 e. The zero-order valence-electron chi connectivity index (χ0n) is 9.58. The van der Waals surface area contributed by atoms with Gasteiger partial charge in [0.25, 0.3) is 5.91 Å². The lowest BCUT2D eigenvalue weighted by Crippen LogP contribution is -2.14. The van der Waals surface area contributed by atoms with E-state index in [2.05, 4.69) is 10.3 Å². The molecule has 0 radical (unpaired) electrons. The van der Waals surface area contributed by atoms with E-state index in [1.165, 1.54) is 0 Å². The molecule has 0 atom stereocenters. The van der Waals surface area contributed by atoms with Gasteiger partial charge >= 0.3 is 0 Å². The van der Waals surface area contributed by atoms with E-state index in [0.29, 0.717) is 15.9 Å². The van der Waals surface area contributed by atoms with Crippen LogP contribution in [0.4, 0.5) is 5.82 Å². The van der Waals surface area contributed by atoms with Gasteiger partial charge in [0.15, 0.2) is 0 Å². The molecule has 0 aliphatic heterocycles. The maximum absolute atomic E-state index is 12.0. The van der Waals surface area contributed by atoms with Crippen LogP contribution < -0.4 is 5.32 Å². The van der Waals surface area contributed by atoms with Gasteiger partial charge in [-0.2, -0.15) is 0 Å². The summed E-state index contributed by atoms with van der Waals surface area (Å²) in [5.74, 6) is 0.0969. The average Bonchev–Trinajstić information content (AvgIpc) is 2.28. The van der Waals surface area contributed by atoms with E-state index in [1.807, 2.05) is 19.1 Å². The Morgan fingerprint density at radius 1 is 1.11 bits per heavy atom. The van der Waals surface area contributed by atoms with E-state index < -0.39 is 0 Å². The Kier molecular flexibility index (Phi) is 3.84. The van der Waals surface area contributed by atoms with Crippen LogP contribution in [-0.4, -0.2) is 10.9 Å². The van der Waals surface area contributed by atoms with Crippen molar-refractivity contribution >= 4 is 34.9 Å². The summed E-state index contributed by atoms with van der Waals surface area (Å²) >= 11 is 11.9. The molecule has 0 spiro atoms. The quantitative estimate of drug-likeness (QED) is 0.905. The first-order valence-electron chi connectivity index (χ1n) is 5.27. The molecule has 0 aliphatic carbocycles. The highest BCUT2D eigenvalue weighted by molar-refractivity contribution is 6.40. The van der Waals surface area contributed by atoms with Crippen molar-refractivity contribution in [2.45, 2.75) is 6.92 Å². The van der Waals surface area contributed by atoms with Gasteiger partial charge in [0.2, 0.25) is 0 Å². The number of rotatable bonds is 2. The number of pyridine rings is 1. The zero-order chi connectivity index (χ0) is 13.1. The Hall–Kier alpha value is -1.58. The molecule has 2 rings (SSSR count). The third-order valence-electron chi connectivity index (χ3n) is 2.32. The number of anilines is 1. The van der Waals surface area contributed by atoms with E-state index in [-0.39, 0.29) is 11.5 Å². The fraction of sp³-hybridized carbons (Fsp3) is 0.0769. The Bertz CT molecular complexity index is 579. The van der Waals surface area contributed by atoms with Crippen molar-refractivity contribution in [3.63, 3.8) is 0 Å². The molecule has 1 aromatic heterocycles. The minimum atomic E-state index is -0.372. The summed E-state index contributed by atoms with van der Waals surface area (Å²) in [5.41, 5.74) is 1.07. The third-order valence-corrected chi connectivity index (χ3v) is 2.95. The minimum absolute atomic E-state index is 0.254. The first-order chi connectivity index (χ1) is 8.58. The molecule has 1 aromatic carbocycles. The van der Waals surface area contributed by atoms with Crippen molar-refractivity contribution in [2.75, 3.05) is 5.32 Å². The van der Waals surface area contributed by atoms with Crippen LogP contribution in [0.5, 0.6) is 0 Å². The third kappa shape index (κ3) is 2.81. The number of carbonyl (C=O) groups is 1. The highest BCUT2D eigenvalue weighted by Crippen LogP contribution is 2.24. The molecule has 0 unspecified atom stereocenters. The summed E-state index contributed by atoms with van der Waals surface area (Å²) in [7, 11) is 0. The van der Waals surface area contributed by atoms with E-state index in [9.17, 15) is 4.79 Å². The number of hydrogen-bond donors (Lipinski definition) is 1. The molecule has 0 saturated carbocycles. The summed E-state index contributed by atoms with van der Waals surface area (Å²) in [6.45, 7) is 1.85. The van der Waals surface area contributed by atoms with Crippen LogP contribution in [0.25, 0.3) is 0 Å². The molecule has 0 saturated heterocycles. The maximum Gasteiger partial charge on any atom is 0.259 e. The number of hydrogen-bond acceptors (Lipinski definition) is 2. The molecule has 1 amide bonds. The number of benzene rings is 1. The van der Waals surface area contributed by atoms with Gasteiger partial charge in [0.1, 0.15) is 5.82 Å². The van der Waals surface area contributed by atoms with Crippen LogP contribution in [0.1, 0.15) is 16.1 Å². The van der Waals surface area contributed by atoms with Crippen molar-refractivity contribution in [3.05, 3.63) is 57.7 Å². The van der Waals surface area contributed by atoms with Crippen molar-refractivity contribution < 1.29 is 4.79 Å². The van der Waals surface area contributed by atoms with Gasteiger partial charge in [-0.05, 0) is 31.2 Å². The Morgan fingerprint density at radius 2 is 1.72 bits per heavy atom. The molecule has 5 heteroatoms. The summed E-state index contributed by atoms with van der Waals surface area (Å²) in [6.07, 6.45) is 0. The molecule has 0 bridgehead atoms. The van der Waals surface area contributed by atoms with Crippen LogP contribution >= 0.6 is 23.2 Å². The van der Waals surface area contributed by atoms with Crippen LogP contribution in [0.15, 0.2) is 36.4 Å². The molecule has 92 valence electrons. The Balaban J connectivity index is 2.28. The summed E-state index contributed by atoms with van der Waals surface area (Å²) in [4.78, 5) is 16.2. The average molecular weight is 281 g/mol. The SMILES string of the molecule is Cc1cccc(NC(=O)c2c(Cl)cccc2Cl)n1. The number of carbonyl (C=O) groups excluding carboxylic acids is 1. The molecule has 2 aromatic rings. The van der Waals surface area contributed by atoms with Gasteiger partial charge < -0.3 is 5.32 Å². The zero-order valence-corrected chi connectivity index (χ0v) is 11.1. The number of aryl methyl sites for hydroxylation is 1. The van der Waals surface area contributed by atoms with Crippen molar-refractivity contribution in [1.29, 1.82) is 0 Å². The fourth-order valence-electron chi connectivity index (χ4n) is 1.51. The molecule has 0 aliphatic rings. The second-order valence-electron chi connectivity index (χ2n) is 3.71. The highest BCUT2D eigenvalue weighted by Gasteiger charge is 2.14. The highest BCUT2D eigenvalue weighted by atomic mass is 35.5. The smallest absolute Gasteiger partial charge is 0.259 e. The van der Waals surface area contributed by atoms with Crippen molar-refractivity contribution in [3.8, 4) is 0 Å². The molecule has 0 fully saturated rings. The fourth-order valence-corrected chi connectivity index (χ4v) is 2.08. The second-order valence-corrected chi connectivity index (χ2v) is 4.53. The summed E-state index contributed by atoms with van der Waals surface area (Å²) < 4.78 is 0. The largest absolute Gasteiger partial charge is 0.306 e. The molecular formula is C13H10Cl2N2O. The second kappa shape index (κ2) is 5.38. The molecule has 1 heterocycles. The lowest BCUT2D eigenvalue weighted by Gasteiger charge is -2.08. The number of halogens is 2. The Morgan fingerprint density at radius 3 is 2.33 bits per heavy atom. The van der Waals surface area contributed by atoms with Crippen LogP contribution in [-0.2, 0) is 0 Å². The van der Waals surface area contributed by atoms with Gasteiger partial charge in [0.05, 0.1) is 15.6 Å². The van der Waals surface area contributed by atoms with E-state index in [4.69, 9.17) is 23.2 Å². The van der Waals surface area contributed by atoms with Crippen LogP contribution in [0, 0.1) is 6.92 Å². The number of aromatic nitrogens is 1. The Labute approximate surface area is 115 Å². The molecule has 3 nitrogen and oxygen atoms in total. The van der Waals surface area contributed by atoms with E-state index in [1.54, 1.807) is 24.3 Å². The maximum atomic E-state index is 12.0. The van der Waals surface area contributed by atoms with Gasteiger partial charge in [0, 0.05) is 5.69 Å². The van der Waals surface area contributed by atoms with Gasteiger partial charge in [-0.15, -0.1) is 0 Å². The first-order valence-corrected chi connectivity index (χ1v) is 6.02. The monoisotopic (exact) mass is 280 g/mol. The number of nitrogens with one attached hydrogen (secondary N) is 1. The van der Waals surface area contributed by atoms with Crippen LogP contribution in [0.3, 0.4) is 0 Å². The molecular weight excluding hydrogens is 271 g/mol. The summed E-state index contributed by atoms with van der Waals surface area (Å²) in [5, 5.41) is 3.29. The lowest BCUT2D eigenvalue weighted by atomic mass is 10.2. The molecule has 18 heavy (non-hydrogen) atoms. The van der Waals surface area contributed by atoms with E-state index >= 15 is 0 Å². The van der Waals surface area contributed by atoms with Crippen LogP contribution in [0.2, 0.25) is 10.0 Å². The number of nitrogens with zero attached hydrogens (tertiary/aromatic N) is 1. The lowest BCUT2D eigenvalue weighted by molar-refractivity contribution is 0.102. The normalized spacial score (nSPS) is 10.2. The standard InChI is InChI=1S/C13H10Cl2N2O/c1-8-4-2-7-11(16-8)17-13(18)12-9(14)5-3-6-10(12)15/h2-7H,1H3,(H,16,17,18). The summed E-state index contributed by atoms with van der Waals surface area (Å²) in [6, 6.07) is 10.3. The van der Waals surface area contributed by atoms with Gasteiger partial charge in [-0.3, -0.25) is 4.79 Å². The van der Waals surface area contributed by atoms with Gasteiger partial charge in [-0.1, -0.05) is 35.3 Å². The van der Waals surface area contributed by atoms with Gasteiger partial charge in [-0.25, -0.2) is 4.98 Å².